The molecule has 0 aliphatic heterocycles. The number of likely N-dealkylation sites (N-methyl/N-ethyl adjacent to an activating group) is 1. The van der Waals surface area contributed by atoms with Gasteiger partial charge in [-0.05, 0) is 39.7 Å². The Hall–Kier alpha value is -0.0800. The molecule has 0 spiro atoms. The maximum absolute atomic E-state index is 3.66. The molecule has 0 aromatic heterocycles. The lowest BCUT2D eigenvalue weighted by atomic mass is 10.1. The summed E-state index contributed by atoms with van der Waals surface area (Å²) < 4.78 is 0. The Morgan fingerprint density at radius 3 is 2.47 bits per heavy atom. The third-order valence-corrected chi connectivity index (χ3v) is 3.70. The van der Waals surface area contributed by atoms with Crippen LogP contribution in [0.25, 0.3) is 0 Å². The van der Waals surface area contributed by atoms with Crippen molar-refractivity contribution in [2.24, 2.45) is 0 Å². The van der Waals surface area contributed by atoms with Gasteiger partial charge in [0.05, 0.1) is 0 Å². The van der Waals surface area contributed by atoms with Gasteiger partial charge in [0.2, 0.25) is 0 Å². The zero-order valence-corrected chi connectivity index (χ0v) is 10.9. The second-order valence-corrected chi connectivity index (χ2v) is 5.05. The van der Waals surface area contributed by atoms with E-state index in [0.29, 0.717) is 6.04 Å². The van der Waals surface area contributed by atoms with E-state index in [9.17, 15) is 0 Å². The van der Waals surface area contributed by atoms with Gasteiger partial charge >= 0.3 is 0 Å². The summed E-state index contributed by atoms with van der Waals surface area (Å²) >= 11 is 0. The van der Waals surface area contributed by atoms with E-state index in [1.807, 2.05) is 0 Å². The van der Waals surface area contributed by atoms with Gasteiger partial charge in [0.1, 0.15) is 0 Å². The van der Waals surface area contributed by atoms with E-state index < -0.39 is 0 Å². The first kappa shape index (κ1) is 13.0. The number of nitrogens with one attached hydrogen (secondary N) is 1. The van der Waals surface area contributed by atoms with E-state index in [0.717, 1.165) is 12.1 Å². The molecule has 0 aromatic rings. The van der Waals surface area contributed by atoms with Crippen molar-refractivity contribution >= 4 is 0 Å². The molecule has 1 rings (SSSR count). The Morgan fingerprint density at radius 1 is 1.33 bits per heavy atom. The van der Waals surface area contributed by atoms with Crippen LogP contribution in [0.4, 0.5) is 0 Å². The van der Waals surface area contributed by atoms with Crippen molar-refractivity contribution in [1.29, 1.82) is 0 Å². The minimum Gasteiger partial charge on any atom is -0.312 e. The first-order valence-electron chi connectivity index (χ1n) is 6.64. The van der Waals surface area contributed by atoms with Crippen molar-refractivity contribution in [3.63, 3.8) is 0 Å². The first-order chi connectivity index (χ1) is 7.19. The molecule has 2 atom stereocenters. The lowest BCUT2D eigenvalue weighted by molar-refractivity contribution is 0.166. The van der Waals surface area contributed by atoms with Gasteiger partial charge < -0.3 is 5.32 Å². The molecular weight excluding hydrogens is 184 g/mol. The highest BCUT2D eigenvalue weighted by molar-refractivity contribution is 4.84. The van der Waals surface area contributed by atoms with E-state index in [4.69, 9.17) is 0 Å². The van der Waals surface area contributed by atoms with Crippen LogP contribution in [-0.2, 0) is 0 Å². The van der Waals surface area contributed by atoms with Crippen LogP contribution in [0, 0.1) is 0 Å². The Morgan fingerprint density at radius 2 is 2.00 bits per heavy atom. The average molecular weight is 212 g/mol. The lowest BCUT2D eigenvalue weighted by Gasteiger charge is -2.33. The van der Waals surface area contributed by atoms with Crippen molar-refractivity contribution in [2.75, 3.05) is 13.6 Å². The van der Waals surface area contributed by atoms with Crippen molar-refractivity contribution in [3.05, 3.63) is 0 Å². The molecule has 2 nitrogen and oxygen atoms in total. The fraction of sp³-hybridized carbons (Fsp3) is 1.00. The minimum absolute atomic E-state index is 0.711. The maximum Gasteiger partial charge on any atom is 0.0220 e. The Bertz CT molecular complexity index is 166. The third-order valence-electron chi connectivity index (χ3n) is 3.70. The summed E-state index contributed by atoms with van der Waals surface area (Å²) in [5.74, 6) is 0. The van der Waals surface area contributed by atoms with Crippen LogP contribution in [-0.4, -0.2) is 36.6 Å². The number of nitrogens with zero attached hydrogens (tertiary/aromatic N) is 1. The van der Waals surface area contributed by atoms with Crippen LogP contribution < -0.4 is 5.32 Å². The molecule has 0 amide bonds. The molecule has 90 valence electrons. The summed E-state index contributed by atoms with van der Waals surface area (Å²) in [6.45, 7) is 8.08. The second-order valence-electron chi connectivity index (χ2n) is 5.05. The average Bonchev–Trinajstić information content (AvgIpc) is 3.05. The number of rotatable bonds is 8. The highest BCUT2D eigenvalue weighted by Gasteiger charge is 2.24. The molecule has 0 saturated heterocycles. The summed E-state index contributed by atoms with van der Waals surface area (Å²) in [7, 11) is 2.28. The molecule has 0 heterocycles. The Labute approximate surface area is 95.4 Å². The van der Waals surface area contributed by atoms with E-state index in [-0.39, 0.29) is 0 Å². The molecule has 0 bridgehead atoms. The molecule has 1 aliphatic rings. The summed E-state index contributed by atoms with van der Waals surface area (Å²) in [6.07, 6.45) is 6.65. The van der Waals surface area contributed by atoms with Crippen LogP contribution in [0.15, 0.2) is 0 Å². The quantitative estimate of drug-likeness (QED) is 0.665. The summed E-state index contributed by atoms with van der Waals surface area (Å²) in [5, 5.41) is 3.66. The van der Waals surface area contributed by atoms with Crippen LogP contribution in [0.2, 0.25) is 0 Å². The van der Waals surface area contributed by atoms with E-state index in [1.54, 1.807) is 0 Å². The van der Waals surface area contributed by atoms with Gasteiger partial charge in [-0.25, -0.2) is 0 Å². The predicted molar refractivity (Wildman–Crippen MR) is 67.2 cm³/mol. The van der Waals surface area contributed by atoms with Gasteiger partial charge in [-0.2, -0.15) is 0 Å². The Kier molecular flexibility index (Phi) is 5.62. The van der Waals surface area contributed by atoms with Crippen molar-refractivity contribution in [2.45, 2.75) is 71.0 Å². The lowest BCUT2D eigenvalue weighted by Crippen LogP contribution is -2.44. The SMILES string of the molecule is CCCC(CNC1CC1)N(C)C(C)CC. The van der Waals surface area contributed by atoms with Crippen molar-refractivity contribution in [3.8, 4) is 0 Å². The number of hydrogen-bond acceptors (Lipinski definition) is 2. The fourth-order valence-corrected chi connectivity index (χ4v) is 2.02. The van der Waals surface area contributed by atoms with Gasteiger partial charge in [-0.3, -0.25) is 4.90 Å². The normalized spacial score (nSPS) is 20.6. The zero-order chi connectivity index (χ0) is 11.3. The van der Waals surface area contributed by atoms with Crippen LogP contribution in [0.1, 0.15) is 52.9 Å². The first-order valence-corrected chi connectivity index (χ1v) is 6.64. The molecule has 1 fully saturated rings. The smallest absolute Gasteiger partial charge is 0.0220 e. The third kappa shape index (κ3) is 4.52. The summed E-state index contributed by atoms with van der Waals surface area (Å²) in [6, 6.07) is 2.28. The molecule has 1 aliphatic carbocycles. The Balaban J connectivity index is 2.31. The topological polar surface area (TPSA) is 15.3 Å². The van der Waals surface area contributed by atoms with E-state index >= 15 is 0 Å². The maximum atomic E-state index is 3.66. The molecular formula is C13H28N2. The van der Waals surface area contributed by atoms with E-state index in [1.165, 1.54) is 38.6 Å². The van der Waals surface area contributed by atoms with Gasteiger partial charge in [-0.1, -0.05) is 20.3 Å². The molecule has 1 saturated carbocycles. The monoisotopic (exact) mass is 212 g/mol. The van der Waals surface area contributed by atoms with Gasteiger partial charge in [0.15, 0.2) is 0 Å². The van der Waals surface area contributed by atoms with Gasteiger partial charge in [-0.15, -0.1) is 0 Å². The molecule has 2 unspecified atom stereocenters. The molecule has 0 aromatic carbocycles. The van der Waals surface area contributed by atoms with Gasteiger partial charge in [0, 0.05) is 24.7 Å². The van der Waals surface area contributed by atoms with Gasteiger partial charge in [0.25, 0.3) is 0 Å². The molecule has 1 N–H and O–H groups in total. The summed E-state index contributed by atoms with van der Waals surface area (Å²) in [4.78, 5) is 2.55. The van der Waals surface area contributed by atoms with Crippen molar-refractivity contribution < 1.29 is 0 Å². The standard InChI is InChI=1S/C13H28N2/c1-5-7-13(10-14-12-8-9-12)15(4)11(3)6-2/h11-14H,5-10H2,1-4H3. The van der Waals surface area contributed by atoms with E-state index in [2.05, 4.69) is 38.0 Å². The summed E-state index contributed by atoms with van der Waals surface area (Å²) in [5.41, 5.74) is 0. The fourth-order valence-electron chi connectivity index (χ4n) is 2.02. The molecule has 15 heavy (non-hydrogen) atoms. The minimum atomic E-state index is 0.711. The molecule has 2 heteroatoms. The zero-order valence-electron chi connectivity index (χ0n) is 10.9. The highest BCUT2D eigenvalue weighted by atomic mass is 15.2. The predicted octanol–water partition coefficient (Wildman–Crippen LogP) is 2.64. The second kappa shape index (κ2) is 6.49. The number of hydrogen-bond donors (Lipinski definition) is 1. The van der Waals surface area contributed by atoms with Crippen LogP contribution in [0.3, 0.4) is 0 Å². The highest BCUT2D eigenvalue weighted by Crippen LogP contribution is 2.19. The van der Waals surface area contributed by atoms with Crippen molar-refractivity contribution in [1.82, 2.24) is 10.2 Å². The molecule has 0 radical (unpaired) electrons. The van der Waals surface area contributed by atoms with Crippen LogP contribution in [0.5, 0.6) is 0 Å². The largest absolute Gasteiger partial charge is 0.312 e. The van der Waals surface area contributed by atoms with Crippen LogP contribution >= 0.6 is 0 Å².